The molecule has 0 aliphatic rings. The van der Waals surface area contributed by atoms with Crippen molar-refractivity contribution in [3.05, 3.63) is 46.9 Å². The highest BCUT2D eigenvalue weighted by molar-refractivity contribution is 8.02. The molecule has 0 N–H and O–H groups in total. The first-order valence-corrected chi connectivity index (χ1v) is 7.12. The van der Waals surface area contributed by atoms with Gasteiger partial charge in [0.05, 0.1) is 6.07 Å². The molecule has 0 bridgehead atoms. The number of rotatable bonds is 8. The second-order valence-corrected chi connectivity index (χ2v) is 4.66. The maximum Gasteiger partial charge on any atom is 0.108 e. The van der Waals surface area contributed by atoms with E-state index >= 15 is 0 Å². The first kappa shape index (κ1) is 16.7. The molecule has 98 valence electrons. The number of hydrogen-bond donors (Lipinski definition) is 0. The Balaban J connectivity index is 4.82. The SMILES string of the molecule is C=C(C#N)/C=C(\C/C=C\CF)C/C(=C/CC)SC. The number of nitrogens with zero attached hydrogens (tertiary/aromatic N) is 1. The predicted molar refractivity (Wildman–Crippen MR) is 79.1 cm³/mol. The van der Waals surface area contributed by atoms with E-state index in [-0.39, 0.29) is 0 Å². The summed E-state index contributed by atoms with van der Waals surface area (Å²) >= 11 is 1.71. The summed E-state index contributed by atoms with van der Waals surface area (Å²) in [6.45, 7) is 5.30. The summed E-state index contributed by atoms with van der Waals surface area (Å²) in [4.78, 5) is 1.27. The van der Waals surface area contributed by atoms with E-state index in [1.807, 2.05) is 12.3 Å². The lowest BCUT2D eigenvalue weighted by molar-refractivity contribution is 0.561. The summed E-state index contributed by atoms with van der Waals surface area (Å²) in [5, 5.41) is 8.76. The molecule has 0 aliphatic carbocycles. The fraction of sp³-hybridized carbons (Fsp3) is 0.400. The number of thioether (sulfide) groups is 1. The van der Waals surface area contributed by atoms with Crippen molar-refractivity contribution in [2.75, 3.05) is 12.9 Å². The van der Waals surface area contributed by atoms with Crippen LogP contribution in [0.4, 0.5) is 4.39 Å². The highest BCUT2D eigenvalue weighted by Crippen LogP contribution is 2.24. The van der Waals surface area contributed by atoms with Crippen LogP contribution in [0.25, 0.3) is 0 Å². The van der Waals surface area contributed by atoms with Gasteiger partial charge in [-0.15, -0.1) is 11.8 Å². The fourth-order valence-corrected chi connectivity index (χ4v) is 2.10. The summed E-state index contributed by atoms with van der Waals surface area (Å²) in [6.07, 6.45) is 11.7. The maximum absolute atomic E-state index is 12.0. The van der Waals surface area contributed by atoms with Crippen molar-refractivity contribution in [3.63, 3.8) is 0 Å². The molecule has 0 aromatic heterocycles. The highest BCUT2D eigenvalue weighted by atomic mass is 32.2. The lowest BCUT2D eigenvalue weighted by Gasteiger charge is -2.07. The minimum Gasteiger partial charge on any atom is -0.247 e. The molecule has 3 heteroatoms. The molecule has 0 spiro atoms. The molecule has 0 amide bonds. The lowest BCUT2D eigenvalue weighted by atomic mass is 10.1. The van der Waals surface area contributed by atoms with Gasteiger partial charge in [0.15, 0.2) is 0 Å². The van der Waals surface area contributed by atoms with Crippen LogP contribution >= 0.6 is 11.8 Å². The molecule has 0 fully saturated rings. The molecule has 0 aromatic rings. The van der Waals surface area contributed by atoms with Crippen LogP contribution in [0.3, 0.4) is 0 Å². The lowest BCUT2D eigenvalue weighted by Crippen LogP contribution is -1.87. The van der Waals surface area contributed by atoms with Gasteiger partial charge in [0.2, 0.25) is 0 Å². The van der Waals surface area contributed by atoms with Gasteiger partial charge in [-0.05, 0) is 36.5 Å². The van der Waals surface area contributed by atoms with Crippen LogP contribution in [0.2, 0.25) is 0 Å². The zero-order valence-electron chi connectivity index (χ0n) is 11.1. The van der Waals surface area contributed by atoms with E-state index in [1.54, 1.807) is 23.9 Å². The average molecular weight is 265 g/mol. The van der Waals surface area contributed by atoms with E-state index in [0.29, 0.717) is 12.0 Å². The van der Waals surface area contributed by atoms with Gasteiger partial charge < -0.3 is 0 Å². The second kappa shape index (κ2) is 10.9. The third kappa shape index (κ3) is 7.92. The second-order valence-electron chi connectivity index (χ2n) is 3.73. The van der Waals surface area contributed by atoms with E-state index in [0.717, 1.165) is 18.4 Å². The van der Waals surface area contributed by atoms with Crippen LogP contribution in [0.5, 0.6) is 0 Å². The Hall–Kier alpha value is -1.27. The molecule has 0 radical (unpaired) electrons. The number of nitriles is 1. The Morgan fingerprint density at radius 1 is 1.44 bits per heavy atom. The van der Waals surface area contributed by atoms with Gasteiger partial charge in [0.1, 0.15) is 6.67 Å². The molecule has 0 heterocycles. The summed E-state index contributed by atoms with van der Waals surface area (Å²) in [5.74, 6) is 0. The van der Waals surface area contributed by atoms with Gasteiger partial charge in [0, 0.05) is 5.57 Å². The van der Waals surface area contributed by atoms with Gasteiger partial charge in [0.25, 0.3) is 0 Å². The van der Waals surface area contributed by atoms with Crippen LogP contribution in [0, 0.1) is 11.3 Å². The smallest absolute Gasteiger partial charge is 0.108 e. The Morgan fingerprint density at radius 2 is 2.17 bits per heavy atom. The fourth-order valence-electron chi connectivity index (χ4n) is 1.44. The molecule has 18 heavy (non-hydrogen) atoms. The summed E-state index contributed by atoms with van der Waals surface area (Å²) < 4.78 is 12.0. The minimum absolute atomic E-state index is 0.440. The van der Waals surface area contributed by atoms with Crippen LogP contribution < -0.4 is 0 Å². The molecular weight excluding hydrogens is 245 g/mol. The maximum atomic E-state index is 12.0. The van der Waals surface area contributed by atoms with E-state index in [4.69, 9.17) is 5.26 Å². The predicted octanol–water partition coefficient (Wildman–Crippen LogP) is 4.96. The summed E-state index contributed by atoms with van der Waals surface area (Å²) in [7, 11) is 0. The Bertz CT molecular complexity index is 386. The first-order valence-electron chi connectivity index (χ1n) is 5.90. The number of hydrogen-bond acceptors (Lipinski definition) is 2. The Labute approximate surface area is 114 Å². The molecule has 0 atom stereocenters. The summed E-state index contributed by atoms with van der Waals surface area (Å²) in [6, 6.07) is 2.01. The monoisotopic (exact) mass is 265 g/mol. The van der Waals surface area contributed by atoms with Crippen molar-refractivity contribution in [1.82, 2.24) is 0 Å². The third-order valence-corrected chi connectivity index (χ3v) is 3.09. The molecule has 0 saturated heterocycles. The number of halogens is 1. The average Bonchev–Trinajstić information content (AvgIpc) is 2.38. The molecule has 0 unspecified atom stereocenters. The summed E-state index contributed by atoms with van der Waals surface area (Å²) in [5.41, 5.74) is 1.52. The van der Waals surface area contributed by atoms with Crippen molar-refractivity contribution in [2.24, 2.45) is 0 Å². The van der Waals surface area contributed by atoms with Crippen molar-refractivity contribution in [2.45, 2.75) is 26.2 Å². The van der Waals surface area contributed by atoms with Crippen LogP contribution in [-0.4, -0.2) is 12.9 Å². The number of allylic oxidation sites excluding steroid dienone is 7. The van der Waals surface area contributed by atoms with Gasteiger partial charge >= 0.3 is 0 Å². The largest absolute Gasteiger partial charge is 0.247 e. The van der Waals surface area contributed by atoms with E-state index < -0.39 is 6.67 Å². The molecule has 0 rings (SSSR count). The van der Waals surface area contributed by atoms with E-state index in [1.165, 1.54) is 11.0 Å². The van der Waals surface area contributed by atoms with Gasteiger partial charge in [-0.3, -0.25) is 0 Å². The van der Waals surface area contributed by atoms with E-state index in [9.17, 15) is 4.39 Å². The molecule has 1 nitrogen and oxygen atoms in total. The molecular formula is C15H20FNS. The Kier molecular flexibility index (Phi) is 10.1. The Morgan fingerprint density at radius 3 is 2.67 bits per heavy atom. The first-order chi connectivity index (χ1) is 8.67. The van der Waals surface area contributed by atoms with Crippen LogP contribution in [0.15, 0.2) is 46.9 Å². The third-order valence-electron chi connectivity index (χ3n) is 2.25. The zero-order valence-corrected chi connectivity index (χ0v) is 11.9. The van der Waals surface area contributed by atoms with Gasteiger partial charge in [-0.1, -0.05) is 37.3 Å². The van der Waals surface area contributed by atoms with Crippen molar-refractivity contribution >= 4 is 11.8 Å². The van der Waals surface area contributed by atoms with E-state index in [2.05, 4.69) is 19.6 Å². The highest BCUT2D eigenvalue weighted by Gasteiger charge is 2.01. The van der Waals surface area contributed by atoms with Crippen molar-refractivity contribution in [1.29, 1.82) is 5.26 Å². The molecule has 0 saturated carbocycles. The topological polar surface area (TPSA) is 23.8 Å². The van der Waals surface area contributed by atoms with Gasteiger partial charge in [-0.2, -0.15) is 5.26 Å². The number of alkyl halides is 1. The van der Waals surface area contributed by atoms with Gasteiger partial charge in [-0.25, -0.2) is 4.39 Å². The van der Waals surface area contributed by atoms with Crippen molar-refractivity contribution < 1.29 is 4.39 Å². The van der Waals surface area contributed by atoms with Crippen LogP contribution in [0.1, 0.15) is 26.2 Å². The minimum atomic E-state index is -0.452. The standard InChI is InChI=1S/C15H20FNS/c1-4-7-15(18-3)11-14(8-5-6-9-16)10-13(2)12-17/h5-7,10H,2,4,8-9,11H2,1,3H3/b6-5-,14-10+,15-7-. The van der Waals surface area contributed by atoms with Crippen LogP contribution in [-0.2, 0) is 0 Å². The zero-order chi connectivity index (χ0) is 13.8. The molecule has 0 aromatic carbocycles. The normalized spacial score (nSPS) is 12.8. The molecule has 0 aliphatic heterocycles. The van der Waals surface area contributed by atoms with Crippen molar-refractivity contribution in [3.8, 4) is 6.07 Å². The quantitative estimate of drug-likeness (QED) is 0.352.